The van der Waals surface area contributed by atoms with Gasteiger partial charge in [0.15, 0.2) is 0 Å². The first kappa shape index (κ1) is 13.6. The molecule has 7 heteroatoms. The predicted octanol–water partition coefficient (Wildman–Crippen LogP) is 1.81. The Hall–Kier alpha value is -2.83. The number of benzene rings is 1. The van der Waals surface area contributed by atoms with E-state index in [0.717, 1.165) is 5.56 Å². The fourth-order valence-corrected chi connectivity index (χ4v) is 1.74. The standard InChI is InChI=1S/C13H14N4O3/c1-14-13(18)15-8-10-5-6-16(9-10)11-3-2-4-12(7-11)17(19)20/h2-7,9H,8H2,1H3,(H2,14,15,18). The third kappa shape index (κ3) is 3.14. The van der Waals surface area contributed by atoms with Gasteiger partial charge in [-0.3, -0.25) is 10.1 Å². The maximum absolute atomic E-state index is 11.1. The number of hydrogen-bond donors (Lipinski definition) is 2. The number of hydrogen-bond acceptors (Lipinski definition) is 3. The summed E-state index contributed by atoms with van der Waals surface area (Å²) in [6.45, 7) is 0.390. The summed E-state index contributed by atoms with van der Waals surface area (Å²) in [7, 11) is 1.55. The Morgan fingerprint density at radius 1 is 1.40 bits per heavy atom. The molecular weight excluding hydrogens is 260 g/mol. The molecule has 0 fully saturated rings. The minimum atomic E-state index is -0.430. The molecule has 0 aliphatic heterocycles. The minimum Gasteiger partial charge on any atom is -0.341 e. The van der Waals surface area contributed by atoms with Crippen LogP contribution in [0.25, 0.3) is 5.69 Å². The molecule has 0 spiro atoms. The largest absolute Gasteiger partial charge is 0.341 e. The van der Waals surface area contributed by atoms with Crippen molar-refractivity contribution >= 4 is 11.7 Å². The van der Waals surface area contributed by atoms with E-state index in [0.29, 0.717) is 12.2 Å². The van der Waals surface area contributed by atoms with E-state index in [4.69, 9.17) is 0 Å². The first-order chi connectivity index (χ1) is 9.60. The van der Waals surface area contributed by atoms with Gasteiger partial charge >= 0.3 is 6.03 Å². The molecule has 0 saturated heterocycles. The number of nitrogens with zero attached hydrogens (tertiary/aromatic N) is 2. The second kappa shape index (κ2) is 5.87. The molecule has 2 rings (SSSR count). The Morgan fingerprint density at radius 2 is 2.20 bits per heavy atom. The van der Waals surface area contributed by atoms with Crippen molar-refractivity contribution in [2.24, 2.45) is 0 Å². The Bertz CT molecular complexity index is 636. The summed E-state index contributed by atoms with van der Waals surface area (Å²) in [6.07, 6.45) is 3.61. The third-order valence-corrected chi connectivity index (χ3v) is 2.77. The molecule has 2 aromatic rings. The number of nitro benzene ring substituents is 1. The first-order valence-corrected chi connectivity index (χ1v) is 5.97. The van der Waals surface area contributed by atoms with Gasteiger partial charge in [-0.1, -0.05) is 6.07 Å². The van der Waals surface area contributed by atoms with E-state index in [2.05, 4.69) is 10.6 Å². The summed E-state index contributed by atoms with van der Waals surface area (Å²) >= 11 is 0. The van der Waals surface area contributed by atoms with E-state index in [1.807, 2.05) is 12.3 Å². The number of non-ortho nitro benzene ring substituents is 1. The summed E-state index contributed by atoms with van der Waals surface area (Å²) in [5.74, 6) is 0. The van der Waals surface area contributed by atoms with E-state index >= 15 is 0 Å². The van der Waals surface area contributed by atoms with Crippen molar-refractivity contribution < 1.29 is 9.72 Å². The Morgan fingerprint density at radius 3 is 2.90 bits per heavy atom. The van der Waals surface area contributed by atoms with Crippen LogP contribution in [0.15, 0.2) is 42.7 Å². The van der Waals surface area contributed by atoms with Crippen LogP contribution >= 0.6 is 0 Å². The van der Waals surface area contributed by atoms with Crippen molar-refractivity contribution in [2.45, 2.75) is 6.54 Å². The van der Waals surface area contributed by atoms with Gasteiger partial charge in [-0.05, 0) is 17.7 Å². The van der Waals surface area contributed by atoms with Crippen LogP contribution < -0.4 is 10.6 Å². The highest BCUT2D eigenvalue weighted by Crippen LogP contribution is 2.17. The summed E-state index contributed by atoms with van der Waals surface area (Å²) in [4.78, 5) is 21.4. The zero-order valence-electron chi connectivity index (χ0n) is 10.9. The Balaban J connectivity index is 2.14. The van der Waals surface area contributed by atoms with Crippen LogP contribution in [0, 0.1) is 10.1 Å². The number of aromatic nitrogens is 1. The van der Waals surface area contributed by atoms with Crippen LogP contribution in [-0.2, 0) is 6.54 Å². The fraction of sp³-hybridized carbons (Fsp3) is 0.154. The highest BCUT2D eigenvalue weighted by molar-refractivity contribution is 5.73. The lowest BCUT2D eigenvalue weighted by Crippen LogP contribution is -2.31. The van der Waals surface area contributed by atoms with Gasteiger partial charge in [0.25, 0.3) is 5.69 Å². The van der Waals surface area contributed by atoms with E-state index in [1.165, 1.54) is 12.1 Å². The molecule has 0 atom stereocenters. The Labute approximate surface area is 115 Å². The molecule has 0 saturated carbocycles. The molecule has 1 heterocycles. The number of nitrogens with one attached hydrogen (secondary N) is 2. The van der Waals surface area contributed by atoms with E-state index in [1.54, 1.807) is 29.9 Å². The molecule has 7 nitrogen and oxygen atoms in total. The molecule has 20 heavy (non-hydrogen) atoms. The lowest BCUT2D eigenvalue weighted by molar-refractivity contribution is -0.384. The molecule has 1 aromatic heterocycles. The van der Waals surface area contributed by atoms with Crippen LogP contribution in [-0.4, -0.2) is 22.6 Å². The van der Waals surface area contributed by atoms with Gasteiger partial charge in [0, 0.05) is 38.1 Å². The van der Waals surface area contributed by atoms with Crippen LogP contribution in [0.1, 0.15) is 5.56 Å². The molecule has 0 unspecified atom stereocenters. The van der Waals surface area contributed by atoms with Crippen LogP contribution in [0.3, 0.4) is 0 Å². The molecule has 2 amide bonds. The second-order valence-corrected chi connectivity index (χ2v) is 4.14. The molecule has 104 valence electrons. The number of rotatable bonds is 4. The summed E-state index contributed by atoms with van der Waals surface area (Å²) in [5, 5.41) is 15.9. The van der Waals surface area contributed by atoms with E-state index in [9.17, 15) is 14.9 Å². The van der Waals surface area contributed by atoms with Gasteiger partial charge in [0.05, 0.1) is 10.6 Å². The average Bonchev–Trinajstić information content (AvgIpc) is 2.93. The lowest BCUT2D eigenvalue weighted by Gasteiger charge is -2.03. The highest BCUT2D eigenvalue weighted by Gasteiger charge is 2.07. The van der Waals surface area contributed by atoms with E-state index < -0.39 is 4.92 Å². The maximum atomic E-state index is 11.1. The van der Waals surface area contributed by atoms with Crippen LogP contribution in [0.5, 0.6) is 0 Å². The zero-order chi connectivity index (χ0) is 14.5. The highest BCUT2D eigenvalue weighted by atomic mass is 16.6. The Kier molecular flexibility index (Phi) is 3.99. The maximum Gasteiger partial charge on any atom is 0.314 e. The molecule has 0 aliphatic carbocycles. The minimum absolute atomic E-state index is 0.0428. The number of carbonyl (C=O) groups is 1. The molecule has 0 radical (unpaired) electrons. The van der Waals surface area contributed by atoms with Gasteiger partial charge in [0.2, 0.25) is 0 Å². The van der Waals surface area contributed by atoms with E-state index in [-0.39, 0.29) is 11.7 Å². The zero-order valence-corrected chi connectivity index (χ0v) is 10.9. The van der Waals surface area contributed by atoms with Crippen molar-refractivity contribution in [1.29, 1.82) is 0 Å². The summed E-state index contributed by atoms with van der Waals surface area (Å²) in [6, 6.07) is 7.94. The van der Waals surface area contributed by atoms with Crippen LogP contribution in [0.2, 0.25) is 0 Å². The van der Waals surface area contributed by atoms with Crippen LogP contribution in [0.4, 0.5) is 10.5 Å². The first-order valence-electron chi connectivity index (χ1n) is 5.97. The summed E-state index contributed by atoms with van der Waals surface area (Å²) in [5.41, 5.74) is 1.65. The molecule has 2 N–H and O–H groups in total. The van der Waals surface area contributed by atoms with Gasteiger partial charge < -0.3 is 15.2 Å². The number of urea groups is 1. The molecule has 1 aromatic carbocycles. The lowest BCUT2D eigenvalue weighted by atomic mass is 10.3. The van der Waals surface area contributed by atoms with Crippen molar-refractivity contribution in [3.05, 3.63) is 58.4 Å². The van der Waals surface area contributed by atoms with Crippen molar-refractivity contribution in [2.75, 3.05) is 7.05 Å². The van der Waals surface area contributed by atoms with Gasteiger partial charge in [-0.2, -0.15) is 0 Å². The molecule has 0 aliphatic rings. The number of nitro groups is 1. The monoisotopic (exact) mass is 274 g/mol. The second-order valence-electron chi connectivity index (χ2n) is 4.14. The average molecular weight is 274 g/mol. The topological polar surface area (TPSA) is 89.2 Å². The number of amides is 2. The van der Waals surface area contributed by atoms with Gasteiger partial charge in [0.1, 0.15) is 0 Å². The molecular formula is C13H14N4O3. The predicted molar refractivity (Wildman–Crippen MR) is 73.7 cm³/mol. The smallest absolute Gasteiger partial charge is 0.314 e. The van der Waals surface area contributed by atoms with Gasteiger partial charge in [-0.25, -0.2) is 4.79 Å². The normalized spacial score (nSPS) is 10.1. The van der Waals surface area contributed by atoms with Crippen molar-refractivity contribution in [1.82, 2.24) is 15.2 Å². The van der Waals surface area contributed by atoms with Crippen molar-refractivity contribution in [3.8, 4) is 5.69 Å². The SMILES string of the molecule is CNC(=O)NCc1ccn(-c2cccc([N+](=O)[O-])c2)c1. The van der Waals surface area contributed by atoms with Gasteiger partial charge in [-0.15, -0.1) is 0 Å². The quantitative estimate of drug-likeness (QED) is 0.658. The summed E-state index contributed by atoms with van der Waals surface area (Å²) < 4.78 is 1.77. The number of carbonyl (C=O) groups excluding carboxylic acids is 1. The third-order valence-electron chi connectivity index (χ3n) is 2.77. The fourth-order valence-electron chi connectivity index (χ4n) is 1.74. The van der Waals surface area contributed by atoms with Crippen molar-refractivity contribution in [3.63, 3.8) is 0 Å². The molecule has 0 bridgehead atoms.